The van der Waals surface area contributed by atoms with E-state index in [1.807, 2.05) is 18.4 Å². The standard InChI is InChI=1S/C15H22N2O3S/c1-11(9-12-5-8-21-10-12)16-14(20)17-7-4-3-6-15(17,2)13(18)19/h5,8,10-11H,3-4,6-7,9H2,1-2H3,(H,16,20)(H,18,19). The average Bonchev–Trinajstić information content (AvgIpc) is 2.91. The Morgan fingerprint density at radius 3 is 2.90 bits per heavy atom. The Labute approximate surface area is 129 Å². The van der Waals surface area contributed by atoms with Crippen LogP contribution in [0.5, 0.6) is 0 Å². The van der Waals surface area contributed by atoms with Gasteiger partial charge in [0, 0.05) is 12.6 Å². The minimum atomic E-state index is -1.09. The Morgan fingerprint density at radius 1 is 1.52 bits per heavy atom. The number of hydrogen-bond donors (Lipinski definition) is 2. The molecule has 0 bridgehead atoms. The van der Waals surface area contributed by atoms with Gasteiger partial charge in [0.05, 0.1) is 0 Å². The normalized spacial score (nSPS) is 23.6. The van der Waals surface area contributed by atoms with Crippen LogP contribution in [-0.4, -0.2) is 40.1 Å². The second-order valence-electron chi connectivity index (χ2n) is 5.87. The number of aliphatic carboxylic acids is 1. The molecule has 1 aliphatic rings. The summed E-state index contributed by atoms with van der Waals surface area (Å²) < 4.78 is 0. The minimum Gasteiger partial charge on any atom is -0.480 e. The molecule has 0 saturated carbocycles. The molecule has 1 saturated heterocycles. The second kappa shape index (κ2) is 6.47. The fraction of sp³-hybridized carbons (Fsp3) is 0.600. The number of urea groups is 1. The molecule has 0 aromatic carbocycles. The third kappa shape index (κ3) is 3.56. The van der Waals surface area contributed by atoms with E-state index in [2.05, 4.69) is 10.7 Å². The number of carbonyl (C=O) groups is 2. The van der Waals surface area contributed by atoms with Crippen LogP contribution in [0.15, 0.2) is 16.8 Å². The molecule has 5 nitrogen and oxygen atoms in total. The van der Waals surface area contributed by atoms with Crippen LogP contribution in [0.4, 0.5) is 4.79 Å². The molecule has 0 spiro atoms. The molecule has 2 atom stereocenters. The maximum Gasteiger partial charge on any atom is 0.329 e. The number of thiophene rings is 1. The number of carboxylic acid groups (broad SMARTS) is 1. The first-order valence-electron chi connectivity index (χ1n) is 7.26. The van der Waals surface area contributed by atoms with Gasteiger partial charge in [0.1, 0.15) is 5.54 Å². The number of hydrogen-bond acceptors (Lipinski definition) is 3. The highest BCUT2D eigenvalue weighted by Gasteiger charge is 2.44. The Morgan fingerprint density at radius 2 is 2.29 bits per heavy atom. The van der Waals surface area contributed by atoms with Crippen LogP contribution >= 0.6 is 11.3 Å². The molecule has 2 N–H and O–H groups in total. The van der Waals surface area contributed by atoms with Crippen molar-refractivity contribution in [1.29, 1.82) is 0 Å². The highest BCUT2D eigenvalue weighted by atomic mass is 32.1. The lowest BCUT2D eigenvalue weighted by atomic mass is 9.89. The van der Waals surface area contributed by atoms with E-state index in [1.54, 1.807) is 18.3 Å². The molecule has 0 radical (unpaired) electrons. The Bertz CT molecular complexity index is 503. The van der Waals surface area contributed by atoms with E-state index in [0.29, 0.717) is 13.0 Å². The summed E-state index contributed by atoms with van der Waals surface area (Å²) in [4.78, 5) is 25.4. The Balaban J connectivity index is 1.99. The highest BCUT2D eigenvalue weighted by molar-refractivity contribution is 7.07. The summed E-state index contributed by atoms with van der Waals surface area (Å²) in [5.41, 5.74) is 0.0946. The van der Waals surface area contributed by atoms with Crippen LogP contribution in [0, 0.1) is 0 Å². The van der Waals surface area contributed by atoms with Crippen LogP contribution in [0.1, 0.15) is 38.7 Å². The second-order valence-corrected chi connectivity index (χ2v) is 6.65. The Hall–Kier alpha value is -1.56. The van der Waals surface area contributed by atoms with E-state index in [0.717, 1.165) is 19.3 Å². The van der Waals surface area contributed by atoms with E-state index in [-0.39, 0.29) is 12.1 Å². The van der Waals surface area contributed by atoms with Gasteiger partial charge in [-0.25, -0.2) is 9.59 Å². The first-order chi connectivity index (χ1) is 9.93. The summed E-state index contributed by atoms with van der Waals surface area (Å²) in [7, 11) is 0. The van der Waals surface area contributed by atoms with Crippen molar-refractivity contribution in [3.05, 3.63) is 22.4 Å². The molecule has 21 heavy (non-hydrogen) atoms. The SMILES string of the molecule is CC(Cc1ccsc1)NC(=O)N1CCCCC1(C)C(=O)O. The summed E-state index contributed by atoms with van der Waals surface area (Å²) in [6.07, 6.45) is 2.97. The Kier molecular flexibility index (Phi) is 4.88. The summed E-state index contributed by atoms with van der Waals surface area (Å²) in [5.74, 6) is -0.928. The van der Waals surface area contributed by atoms with Gasteiger partial charge in [-0.15, -0.1) is 0 Å². The van der Waals surface area contributed by atoms with Crippen molar-refractivity contribution in [2.75, 3.05) is 6.54 Å². The first-order valence-corrected chi connectivity index (χ1v) is 8.20. The van der Waals surface area contributed by atoms with Gasteiger partial charge in [-0.1, -0.05) is 0 Å². The van der Waals surface area contributed by atoms with Crippen molar-refractivity contribution in [1.82, 2.24) is 10.2 Å². The fourth-order valence-corrected chi connectivity index (χ4v) is 3.45. The van der Waals surface area contributed by atoms with Crippen molar-refractivity contribution in [3.8, 4) is 0 Å². The van der Waals surface area contributed by atoms with Gasteiger partial charge in [-0.05, 0) is 61.9 Å². The van der Waals surface area contributed by atoms with Gasteiger partial charge in [-0.3, -0.25) is 0 Å². The lowest BCUT2D eigenvalue weighted by Gasteiger charge is -2.41. The molecule has 6 heteroatoms. The van der Waals surface area contributed by atoms with E-state index in [1.165, 1.54) is 10.5 Å². The highest BCUT2D eigenvalue weighted by Crippen LogP contribution is 2.28. The van der Waals surface area contributed by atoms with Crippen molar-refractivity contribution in [2.45, 2.75) is 51.1 Å². The van der Waals surface area contributed by atoms with Crippen molar-refractivity contribution < 1.29 is 14.7 Å². The molecular formula is C15H22N2O3S. The van der Waals surface area contributed by atoms with Crippen molar-refractivity contribution >= 4 is 23.3 Å². The van der Waals surface area contributed by atoms with E-state index < -0.39 is 11.5 Å². The molecule has 2 heterocycles. The molecule has 2 amide bonds. The van der Waals surface area contributed by atoms with Crippen molar-refractivity contribution in [3.63, 3.8) is 0 Å². The predicted octanol–water partition coefficient (Wildman–Crippen LogP) is 2.72. The topological polar surface area (TPSA) is 69.6 Å². The van der Waals surface area contributed by atoms with Gasteiger partial charge in [0.25, 0.3) is 0 Å². The minimum absolute atomic E-state index is 0.0212. The van der Waals surface area contributed by atoms with Crippen LogP contribution < -0.4 is 5.32 Å². The van der Waals surface area contributed by atoms with Gasteiger partial charge in [-0.2, -0.15) is 11.3 Å². The number of likely N-dealkylation sites (tertiary alicyclic amines) is 1. The molecular weight excluding hydrogens is 288 g/mol. The van der Waals surface area contributed by atoms with Gasteiger partial charge >= 0.3 is 12.0 Å². The molecule has 116 valence electrons. The van der Waals surface area contributed by atoms with Crippen LogP contribution in [0.25, 0.3) is 0 Å². The van der Waals surface area contributed by atoms with E-state index >= 15 is 0 Å². The zero-order valence-electron chi connectivity index (χ0n) is 12.5. The van der Waals surface area contributed by atoms with E-state index in [4.69, 9.17) is 0 Å². The van der Waals surface area contributed by atoms with Gasteiger partial charge in [0.2, 0.25) is 0 Å². The average molecular weight is 310 g/mol. The number of nitrogens with zero attached hydrogens (tertiary/aromatic N) is 1. The molecule has 1 aliphatic heterocycles. The number of rotatable bonds is 4. The lowest BCUT2D eigenvalue weighted by Crippen LogP contribution is -2.60. The molecule has 2 rings (SSSR count). The summed E-state index contributed by atoms with van der Waals surface area (Å²) >= 11 is 1.63. The van der Waals surface area contributed by atoms with Crippen LogP contribution in [-0.2, 0) is 11.2 Å². The number of carbonyl (C=O) groups excluding carboxylic acids is 1. The van der Waals surface area contributed by atoms with Crippen molar-refractivity contribution in [2.24, 2.45) is 0 Å². The van der Waals surface area contributed by atoms with Crippen LogP contribution in [0.2, 0.25) is 0 Å². The zero-order valence-corrected chi connectivity index (χ0v) is 13.3. The molecule has 1 aromatic heterocycles. The monoisotopic (exact) mass is 310 g/mol. The molecule has 2 unspecified atom stereocenters. The van der Waals surface area contributed by atoms with E-state index in [9.17, 15) is 14.7 Å². The summed E-state index contributed by atoms with van der Waals surface area (Å²) in [6, 6.07) is 1.74. The predicted molar refractivity (Wildman–Crippen MR) is 82.6 cm³/mol. The maximum atomic E-state index is 12.4. The number of piperidine rings is 1. The van der Waals surface area contributed by atoms with Gasteiger partial charge < -0.3 is 15.3 Å². The smallest absolute Gasteiger partial charge is 0.329 e. The molecule has 1 fully saturated rings. The molecule has 0 aliphatic carbocycles. The third-order valence-corrected chi connectivity index (χ3v) is 4.82. The van der Waals surface area contributed by atoms with Crippen LogP contribution in [0.3, 0.4) is 0 Å². The lowest BCUT2D eigenvalue weighted by molar-refractivity contribution is -0.150. The third-order valence-electron chi connectivity index (χ3n) is 4.09. The summed E-state index contributed by atoms with van der Waals surface area (Å²) in [5, 5.41) is 16.4. The number of nitrogens with one attached hydrogen (secondary N) is 1. The molecule has 1 aromatic rings. The first kappa shape index (κ1) is 15.8. The number of carboxylic acids is 1. The van der Waals surface area contributed by atoms with Gasteiger partial charge in [0.15, 0.2) is 0 Å². The maximum absolute atomic E-state index is 12.4. The number of amides is 2. The summed E-state index contributed by atoms with van der Waals surface area (Å²) in [6.45, 7) is 4.08. The largest absolute Gasteiger partial charge is 0.480 e. The zero-order chi connectivity index (χ0) is 15.5. The fourth-order valence-electron chi connectivity index (χ4n) is 2.77. The quantitative estimate of drug-likeness (QED) is 0.898.